The van der Waals surface area contributed by atoms with Crippen molar-refractivity contribution in [1.29, 1.82) is 0 Å². The predicted octanol–water partition coefficient (Wildman–Crippen LogP) is 1.95. The van der Waals surface area contributed by atoms with Gasteiger partial charge in [-0.1, -0.05) is 35.5 Å². The molecule has 2 N–H and O–H groups in total. The summed E-state index contributed by atoms with van der Waals surface area (Å²) in [5, 5.41) is 13.2. The van der Waals surface area contributed by atoms with Crippen molar-refractivity contribution in [2.45, 2.75) is 24.8 Å². The molecule has 0 spiro atoms. The molecule has 0 radical (unpaired) electrons. The Morgan fingerprint density at radius 3 is 2.68 bits per heavy atom. The highest BCUT2D eigenvalue weighted by Crippen LogP contribution is 2.32. The number of hydrogen-bond acceptors (Lipinski definition) is 8. The Labute approximate surface area is 161 Å². The fourth-order valence-electron chi connectivity index (χ4n) is 3.55. The van der Waals surface area contributed by atoms with Gasteiger partial charge in [-0.15, -0.1) is 0 Å². The highest BCUT2D eigenvalue weighted by atomic mass is 16.5. The molecule has 1 aliphatic rings. The Morgan fingerprint density at radius 1 is 1.21 bits per heavy atom. The molecular formula is C19H20N6O3. The summed E-state index contributed by atoms with van der Waals surface area (Å²) in [5.41, 5.74) is 3.20. The van der Waals surface area contributed by atoms with Crippen LogP contribution in [0.5, 0.6) is 0 Å². The first-order valence-corrected chi connectivity index (χ1v) is 9.09. The zero-order valence-corrected chi connectivity index (χ0v) is 15.1. The van der Waals surface area contributed by atoms with Crippen LogP contribution in [0.25, 0.3) is 11.5 Å². The zero-order valence-electron chi connectivity index (χ0n) is 15.1. The number of nitrogens with zero attached hydrogens (tertiary/aromatic N) is 5. The Bertz CT molecular complexity index is 910. The van der Waals surface area contributed by atoms with Crippen LogP contribution in [0.4, 0.5) is 0 Å². The quantitative estimate of drug-likeness (QED) is 0.509. The molecule has 1 aliphatic heterocycles. The maximum Gasteiger partial charge on any atom is 0.265 e. The molecule has 1 saturated heterocycles. The molecule has 1 atom stereocenters. The van der Waals surface area contributed by atoms with Gasteiger partial charge in [-0.2, -0.15) is 4.98 Å². The summed E-state index contributed by atoms with van der Waals surface area (Å²) < 4.78 is 5.44. The van der Waals surface area contributed by atoms with E-state index in [2.05, 4.69) is 25.0 Å². The first-order valence-electron chi connectivity index (χ1n) is 9.09. The van der Waals surface area contributed by atoms with Gasteiger partial charge in [0, 0.05) is 18.3 Å². The Balaban J connectivity index is 1.45. The fourth-order valence-corrected chi connectivity index (χ4v) is 3.55. The van der Waals surface area contributed by atoms with Gasteiger partial charge >= 0.3 is 0 Å². The zero-order chi connectivity index (χ0) is 19.3. The molecule has 2 aromatic heterocycles. The maximum absolute atomic E-state index is 12.3. The van der Waals surface area contributed by atoms with E-state index in [9.17, 15) is 4.79 Å². The predicted molar refractivity (Wildman–Crippen MR) is 98.0 cm³/mol. The molecule has 28 heavy (non-hydrogen) atoms. The van der Waals surface area contributed by atoms with Crippen molar-refractivity contribution in [2.24, 2.45) is 0 Å². The lowest BCUT2D eigenvalue weighted by Gasteiger charge is -2.35. The maximum atomic E-state index is 12.3. The van der Waals surface area contributed by atoms with Crippen LogP contribution in [0.2, 0.25) is 0 Å². The summed E-state index contributed by atoms with van der Waals surface area (Å²) in [7, 11) is 0. The number of likely N-dealkylation sites (tertiary alicyclic amines) is 1. The van der Waals surface area contributed by atoms with E-state index in [4.69, 9.17) is 9.73 Å². The van der Waals surface area contributed by atoms with Crippen molar-refractivity contribution in [3.8, 4) is 11.5 Å². The van der Waals surface area contributed by atoms with Gasteiger partial charge in [0.05, 0.1) is 6.20 Å². The minimum absolute atomic E-state index is 0.114. The molecule has 4 rings (SSSR count). The molecule has 3 aromatic rings. The third kappa shape index (κ3) is 3.75. The topological polar surface area (TPSA) is 117 Å². The molecule has 9 nitrogen and oxygen atoms in total. The van der Waals surface area contributed by atoms with Gasteiger partial charge in [-0.25, -0.2) is 10.5 Å². The van der Waals surface area contributed by atoms with Crippen LogP contribution >= 0.6 is 0 Å². The number of hydrogen-bond donors (Lipinski definition) is 2. The van der Waals surface area contributed by atoms with Crippen LogP contribution in [0.1, 0.15) is 36.3 Å². The van der Waals surface area contributed by atoms with Crippen molar-refractivity contribution in [2.75, 3.05) is 13.1 Å². The molecule has 1 unspecified atom stereocenters. The van der Waals surface area contributed by atoms with Crippen LogP contribution < -0.4 is 5.48 Å². The monoisotopic (exact) mass is 380 g/mol. The molecule has 0 bridgehead atoms. The third-order valence-corrected chi connectivity index (χ3v) is 4.95. The second-order valence-electron chi connectivity index (χ2n) is 6.65. The number of rotatable bonds is 5. The van der Waals surface area contributed by atoms with Gasteiger partial charge in [-0.05, 0) is 31.5 Å². The van der Waals surface area contributed by atoms with E-state index in [1.54, 1.807) is 24.1 Å². The third-order valence-electron chi connectivity index (χ3n) is 4.95. The molecule has 3 heterocycles. The summed E-state index contributed by atoms with van der Waals surface area (Å²) in [5.74, 6) is 0.672. The van der Waals surface area contributed by atoms with Crippen molar-refractivity contribution in [3.05, 3.63) is 60.4 Å². The average Bonchev–Trinajstić information content (AvgIpc) is 3.26. The Morgan fingerprint density at radius 2 is 2.00 bits per heavy atom. The number of carbonyl (C=O) groups excluding carboxylic acids is 1. The number of hydroxylamine groups is 1. The van der Waals surface area contributed by atoms with E-state index in [0.29, 0.717) is 30.5 Å². The van der Waals surface area contributed by atoms with Gasteiger partial charge in [0.25, 0.3) is 5.91 Å². The van der Waals surface area contributed by atoms with Crippen molar-refractivity contribution < 1.29 is 14.5 Å². The van der Waals surface area contributed by atoms with Gasteiger partial charge in [0.1, 0.15) is 11.7 Å². The molecule has 0 aliphatic carbocycles. The first kappa shape index (κ1) is 18.2. The highest BCUT2D eigenvalue weighted by Gasteiger charge is 2.33. The van der Waals surface area contributed by atoms with Crippen LogP contribution in [0, 0.1) is 0 Å². The largest absolute Gasteiger partial charge is 0.339 e. The minimum atomic E-state index is -0.537. The van der Waals surface area contributed by atoms with Crippen molar-refractivity contribution >= 4 is 5.91 Å². The van der Waals surface area contributed by atoms with E-state index in [0.717, 1.165) is 18.4 Å². The second kappa shape index (κ2) is 8.24. The number of amides is 1. The van der Waals surface area contributed by atoms with Crippen molar-refractivity contribution in [1.82, 2.24) is 30.5 Å². The van der Waals surface area contributed by atoms with Crippen LogP contribution in [-0.4, -0.2) is 49.2 Å². The minimum Gasteiger partial charge on any atom is -0.339 e. The Kier molecular flexibility index (Phi) is 5.36. The van der Waals surface area contributed by atoms with E-state index in [1.807, 2.05) is 30.3 Å². The van der Waals surface area contributed by atoms with Gasteiger partial charge in [0.15, 0.2) is 0 Å². The highest BCUT2D eigenvalue weighted by molar-refractivity contribution is 5.82. The SMILES string of the molecule is O=C(NO)C(c1ccccc1)N1CCC(c2nc(-c3cnccn3)no2)CC1. The standard InChI is InChI=1S/C19H20N6O3/c26-18(23-27)16(13-4-2-1-3-5-13)25-10-6-14(7-11-25)19-22-17(24-28-19)15-12-20-8-9-21-15/h1-5,8-9,12,14,16,27H,6-7,10-11H2,(H,23,26). The number of carbonyl (C=O) groups is 1. The van der Waals surface area contributed by atoms with Gasteiger partial charge in [0.2, 0.25) is 11.7 Å². The summed E-state index contributed by atoms with van der Waals surface area (Å²) in [6.07, 6.45) is 6.30. The lowest BCUT2D eigenvalue weighted by molar-refractivity contribution is -0.135. The van der Waals surface area contributed by atoms with Crippen LogP contribution in [-0.2, 0) is 4.79 Å². The van der Waals surface area contributed by atoms with E-state index < -0.39 is 11.9 Å². The summed E-state index contributed by atoms with van der Waals surface area (Å²) >= 11 is 0. The summed E-state index contributed by atoms with van der Waals surface area (Å²) in [6.45, 7) is 1.33. The van der Waals surface area contributed by atoms with Crippen molar-refractivity contribution in [3.63, 3.8) is 0 Å². The summed E-state index contributed by atoms with van der Waals surface area (Å²) in [6, 6.07) is 8.89. The molecule has 0 saturated carbocycles. The summed E-state index contributed by atoms with van der Waals surface area (Å²) in [4.78, 5) is 27.0. The fraction of sp³-hybridized carbons (Fsp3) is 0.316. The molecule has 144 valence electrons. The Hall–Kier alpha value is -3.17. The molecular weight excluding hydrogens is 360 g/mol. The smallest absolute Gasteiger partial charge is 0.265 e. The number of benzene rings is 1. The average molecular weight is 380 g/mol. The van der Waals surface area contributed by atoms with Gasteiger partial charge < -0.3 is 4.52 Å². The number of aromatic nitrogens is 4. The molecule has 9 heteroatoms. The lowest BCUT2D eigenvalue weighted by atomic mass is 9.94. The van der Waals surface area contributed by atoms with Gasteiger partial charge in [-0.3, -0.25) is 19.9 Å². The molecule has 1 amide bonds. The van der Waals surface area contributed by atoms with Crippen LogP contribution in [0.3, 0.4) is 0 Å². The molecule has 1 aromatic carbocycles. The number of piperidine rings is 1. The van der Waals surface area contributed by atoms with E-state index in [-0.39, 0.29) is 5.92 Å². The first-order chi connectivity index (χ1) is 13.8. The lowest BCUT2D eigenvalue weighted by Crippen LogP contribution is -2.43. The second-order valence-corrected chi connectivity index (χ2v) is 6.65. The normalized spacial score (nSPS) is 16.6. The van der Waals surface area contributed by atoms with E-state index in [1.165, 1.54) is 0 Å². The number of nitrogens with one attached hydrogen (secondary N) is 1. The van der Waals surface area contributed by atoms with E-state index >= 15 is 0 Å². The van der Waals surface area contributed by atoms with Crippen LogP contribution in [0.15, 0.2) is 53.4 Å². The molecule has 1 fully saturated rings.